The van der Waals surface area contributed by atoms with Crippen LogP contribution in [0.3, 0.4) is 0 Å². The topological polar surface area (TPSA) is 21.3 Å². The molecule has 1 aliphatic rings. The van der Waals surface area contributed by atoms with Gasteiger partial charge in [0.05, 0.1) is 12.7 Å². The summed E-state index contributed by atoms with van der Waals surface area (Å²) in [5.41, 5.74) is 1.21. The van der Waals surface area contributed by atoms with Crippen LogP contribution in [-0.2, 0) is 4.74 Å². The zero-order chi connectivity index (χ0) is 9.68. The Bertz CT molecular complexity index is 161. The molecule has 0 unspecified atom stereocenters. The number of rotatable bonds is 6. The molecule has 0 atom stereocenters. The van der Waals surface area contributed by atoms with Crippen LogP contribution in [-0.4, -0.2) is 26.3 Å². The van der Waals surface area contributed by atoms with Gasteiger partial charge in [-0.1, -0.05) is 19.1 Å². The van der Waals surface area contributed by atoms with Gasteiger partial charge in [-0.2, -0.15) is 0 Å². The fourth-order valence-corrected chi connectivity index (χ4v) is 1.60. The standard InChI is InChI=1S/C11H21NO/c1-4-9(2)8-13-11-5-10(6-11)7-12-3/h10-12H,2,4-8H2,1,3H3. The van der Waals surface area contributed by atoms with Crippen LogP contribution in [0.5, 0.6) is 0 Å². The maximum absolute atomic E-state index is 5.68. The van der Waals surface area contributed by atoms with Gasteiger partial charge in [0, 0.05) is 0 Å². The molecular weight excluding hydrogens is 162 g/mol. The second-order valence-electron chi connectivity index (χ2n) is 3.93. The zero-order valence-corrected chi connectivity index (χ0v) is 8.81. The van der Waals surface area contributed by atoms with E-state index in [4.69, 9.17) is 4.74 Å². The van der Waals surface area contributed by atoms with E-state index in [-0.39, 0.29) is 0 Å². The minimum atomic E-state index is 0.502. The number of nitrogens with one attached hydrogen (secondary N) is 1. The Morgan fingerprint density at radius 1 is 1.54 bits per heavy atom. The van der Waals surface area contributed by atoms with Crippen molar-refractivity contribution < 1.29 is 4.74 Å². The first-order valence-corrected chi connectivity index (χ1v) is 5.19. The second kappa shape index (κ2) is 5.40. The summed E-state index contributed by atoms with van der Waals surface area (Å²) in [6.07, 6.45) is 3.98. The molecule has 76 valence electrons. The van der Waals surface area contributed by atoms with Gasteiger partial charge in [-0.15, -0.1) is 0 Å². The highest BCUT2D eigenvalue weighted by Gasteiger charge is 2.28. The Morgan fingerprint density at radius 2 is 2.23 bits per heavy atom. The minimum Gasteiger partial charge on any atom is -0.374 e. The Hall–Kier alpha value is -0.340. The highest BCUT2D eigenvalue weighted by Crippen LogP contribution is 2.29. The molecule has 1 saturated carbocycles. The van der Waals surface area contributed by atoms with E-state index in [1.165, 1.54) is 18.4 Å². The van der Waals surface area contributed by atoms with Crippen molar-refractivity contribution in [3.63, 3.8) is 0 Å². The molecular formula is C11H21NO. The first kappa shape index (κ1) is 10.7. The fourth-order valence-electron chi connectivity index (χ4n) is 1.60. The van der Waals surface area contributed by atoms with Gasteiger partial charge in [-0.3, -0.25) is 0 Å². The predicted molar refractivity (Wildman–Crippen MR) is 55.8 cm³/mol. The molecule has 1 N–H and O–H groups in total. The first-order valence-electron chi connectivity index (χ1n) is 5.19. The molecule has 0 bridgehead atoms. The summed E-state index contributed by atoms with van der Waals surface area (Å²) in [5, 5.41) is 3.19. The molecule has 0 aromatic heterocycles. The highest BCUT2D eigenvalue weighted by atomic mass is 16.5. The summed E-state index contributed by atoms with van der Waals surface area (Å²) in [5.74, 6) is 0.838. The van der Waals surface area contributed by atoms with Crippen molar-refractivity contribution in [3.05, 3.63) is 12.2 Å². The Kier molecular flexibility index (Phi) is 4.46. The molecule has 2 heteroatoms. The van der Waals surface area contributed by atoms with Crippen molar-refractivity contribution in [2.45, 2.75) is 32.3 Å². The lowest BCUT2D eigenvalue weighted by Gasteiger charge is -2.35. The maximum Gasteiger partial charge on any atom is 0.0677 e. The van der Waals surface area contributed by atoms with Crippen LogP contribution in [0.25, 0.3) is 0 Å². The highest BCUT2D eigenvalue weighted by molar-refractivity contribution is 4.93. The van der Waals surface area contributed by atoms with E-state index in [2.05, 4.69) is 18.8 Å². The van der Waals surface area contributed by atoms with Gasteiger partial charge in [0.15, 0.2) is 0 Å². The zero-order valence-electron chi connectivity index (χ0n) is 8.81. The van der Waals surface area contributed by atoms with Crippen LogP contribution >= 0.6 is 0 Å². The molecule has 0 heterocycles. The monoisotopic (exact) mass is 183 g/mol. The lowest BCUT2D eigenvalue weighted by molar-refractivity contribution is -0.0193. The smallest absolute Gasteiger partial charge is 0.0677 e. The van der Waals surface area contributed by atoms with Crippen LogP contribution in [0.2, 0.25) is 0 Å². The van der Waals surface area contributed by atoms with Gasteiger partial charge < -0.3 is 10.1 Å². The summed E-state index contributed by atoms with van der Waals surface area (Å²) >= 11 is 0. The number of ether oxygens (including phenoxy) is 1. The van der Waals surface area contributed by atoms with E-state index in [1.54, 1.807) is 0 Å². The summed E-state index contributed by atoms with van der Waals surface area (Å²) in [6.45, 7) is 7.93. The van der Waals surface area contributed by atoms with E-state index in [0.29, 0.717) is 6.10 Å². The van der Waals surface area contributed by atoms with Gasteiger partial charge in [0.25, 0.3) is 0 Å². The van der Waals surface area contributed by atoms with E-state index in [0.717, 1.165) is 25.5 Å². The molecule has 0 aromatic rings. The van der Waals surface area contributed by atoms with Crippen molar-refractivity contribution in [2.24, 2.45) is 5.92 Å². The van der Waals surface area contributed by atoms with E-state index < -0.39 is 0 Å². The molecule has 1 aliphatic carbocycles. The molecule has 13 heavy (non-hydrogen) atoms. The summed E-state index contributed by atoms with van der Waals surface area (Å²) < 4.78 is 5.68. The lowest BCUT2D eigenvalue weighted by atomic mass is 9.82. The lowest BCUT2D eigenvalue weighted by Crippen LogP contribution is -2.37. The minimum absolute atomic E-state index is 0.502. The van der Waals surface area contributed by atoms with Crippen LogP contribution in [0, 0.1) is 5.92 Å². The quantitative estimate of drug-likeness (QED) is 0.636. The first-order chi connectivity index (χ1) is 6.26. The molecule has 0 radical (unpaired) electrons. The molecule has 0 aromatic carbocycles. The Labute approximate surface area is 81.4 Å². The summed E-state index contributed by atoms with van der Waals surface area (Å²) in [6, 6.07) is 0. The second-order valence-corrected chi connectivity index (χ2v) is 3.93. The van der Waals surface area contributed by atoms with Crippen LogP contribution in [0.15, 0.2) is 12.2 Å². The van der Waals surface area contributed by atoms with Crippen molar-refractivity contribution in [1.82, 2.24) is 5.32 Å². The third-order valence-electron chi connectivity index (χ3n) is 2.71. The summed E-state index contributed by atoms with van der Waals surface area (Å²) in [4.78, 5) is 0. The van der Waals surface area contributed by atoms with Gasteiger partial charge >= 0.3 is 0 Å². The predicted octanol–water partition coefficient (Wildman–Crippen LogP) is 1.97. The molecule has 1 fully saturated rings. The number of hydrogen-bond acceptors (Lipinski definition) is 2. The molecule has 0 aliphatic heterocycles. The van der Waals surface area contributed by atoms with Gasteiger partial charge in [0.2, 0.25) is 0 Å². The third kappa shape index (κ3) is 3.49. The third-order valence-corrected chi connectivity index (χ3v) is 2.71. The average molecular weight is 183 g/mol. The maximum atomic E-state index is 5.68. The van der Waals surface area contributed by atoms with Crippen molar-refractivity contribution in [1.29, 1.82) is 0 Å². The molecule has 2 nitrogen and oxygen atoms in total. The molecule has 0 amide bonds. The molecule has 0 saturated heterocycles. The Morgan fingerprint density at radius 3 is 2.77 bits per heavy atom. The summed E-state index contributed by atoms with van der Waals surface area (Å²) in [7, 11) is 2.01. The SMILES string of the molecule is C=C(CC)COC1CC(CNC)C1. The van der Waals surface area contributed by atoms with E-state index in [1.807, 2.05) is 7.05 Å². The largest absolute Gasteiger partial charge is 0.374 e. The average Bonchev–Trinajstić information content (AvgIpc) is 2.08. The molecule has 1 rings (SSSR count). The van der Waals surface area contributed by atoms with Crippen LogP contribution in [0.1, 0.15) is 26.2 Å². The van der Waals surface area contributed by atoms with E-state index >= 15 is 0 Å². The van der Waals surface area contributed by atoms with E-state index in [9.17, 15) is 0 Å². The fraction of sp³-hybridized carbons (Fsp3) is 0.818. The van der Waals surface area contributed by atoms with Crippen LogP contribution in [0.4, 0.5) is 0 Å². The van der Waals surface area contributed by atoms with Crippen molar-refractivity contribution in [3.8, 4) is 0 Å². The van der Waals surface area contributed by atoms with Crippen LogP contribution < -0.4 is 5.32 Å². The van der Waals surface area contributed by atoms with Crippen molar-refractivity contribution in [2.75, 3.05) is 20.2 Å². The molecule has 0 spiro atoms. The van der Waals surface area contributed by atoms with Gasteiger partial charge in [-0.25, -0.2) is 0 Å². The van der Waals surface area contributed by atoms with Gasteiger partial charge in [-0.05, 0) is 38.8 Å². The van der Waals surface area contributed by atoms with Gasteiger partial charge in [0.1, 0.15) is 0 Å². The normalized spacial score (nSPS) is 26.9. The number of hydrogen-bond donors (Lipinski definition) is 1. The van der Waals surface area contributed by atoms with Crippen molar-refractivity contribution >= 4 is 0 Å². The Balaban J connectivity index is 1.98.